The Morgan fingerprint density at radius 3 is 1.89 bits per heavy atom. The molecule has 162 valence electrons. The average molecular weight is 403 g/mol. The third-order valence-electron chi connectivity index (χ3n) is 5.80. The standard InChI is InChI=1S/C23H37F3O2/c1-5-7-8-9-10-11-13-18(23(6-2,27-3)28-4)14-12-15-20-21(25)16-19(24)17-22(20)26/h16-18H,5-15H2,1-4H3. The number of hydrogen-bond acceptors (Lipinski definition) is 2. The molecule has 0 saturated carbocycles. The zero-order valence-electron chi connectivity index (χ0n) is 18.0. The largest absolute Gasteiger partial charge is 0.353 e. The van der Waals surface area contributed by atoms with Crippen LogP contribution < -0.4 is 0 Å². The van der Waals surface area contributed by atoms with E-state index in [0.29, 0.717) is 12.8 Å². The van der Waals surface area contributed by atoms with Gasteiger partial charge in [0.15, 0.2) is 5.79 Å². The molecule has 1 rings (SSSR count). The summed E-state index contributed by atoms with van der Waals surface area (Å²) in [5, 5.41) is 0. The Bertz CT molecular complexity index is 528. The van der Waals surface area contributed by atoms with Crippen molar-refractivity contribution in [2.24, 2.45) is 5.92 Å². The number of unbranched alkanes of at least 4 members (excludes halogenated alkanes) is 5. The molecule has 0 N–H and O–H groups in total. The molecule has 0 aromatic heterocycles. The van der Waals surface area contributed by atoms with Gasteiger partial charge in [0.2, 0.25) is 0 Å². The second-order valence-electron chi connectivity index (χ2n) is 7.57. The predicted molar refractivity (Wildman–Crippen MR) is 108 cm³/mol. The third-order valence-corrected chi connectivity index (χ3v) is 5.80. The minimum atomic E-state index is -0.886. The van der Waals surface area contributed by atoms with Gasteiger partial charge in [0.05, 0.1) is 0 Å². The number of benzene rings is 1. The van der Waals surface area contributed by atoms with E-state index in [-0.39, 0.29) is 17.9 Å². The molecule has 1 aromatic rings. The summed E-state index contributed by atoms with van der Waals surface area (Å²) in [7, 11) is 3.31. The molecule has 0 heterocycles. The zero-order chi connectivity index (χ0) is 21.0. The summed E-state index contributed by atoms with van der Waals surface area (Å²) in [5.74, 6) is -3.05. The Kier molecular flexibility index (Phi) is 11.8. The summed E-state index contributed by atoms with van der Waals surface area (Å²) in [5.41, 5.74) is -0.0448. The van der Waals surface area contributed by atoms with Crippen molar-refractivity contribution >= 4 is 0 Å². The summed E-state index contributed by atoms with van der Waals surface area (Å²) < 4.78 is 52.3. The van der Waals surface area contributed by atoms with Crippen LogP contribution in [0.5, 0.6) is 0 Å². The lowest BCUT2D eigenvalue weighted by atomic mass is 9.85. The smallest absolute Gasteiger partial charge is 0.170 e. The average Bonchev–Trinajstić information content (AvgIpc) is 2.67. The molecule has 0 amide bonds. The number of ether oxygens (including phenoxy) is 2. The normalized spacial score (nSPS) is 13.1. The van der Waals surface area contributed by atoms with Gasteiger partial charge in [-0.3, -0.25) is 0 Å². The molecule has 1 unspecified atom stereocenters. The van der Waals surface area contributed by atoms with Gasteiger partial charge in [0.1, 0.15) is 17.5 Å². The molecule has 0 radical (unpaired) electrons. The topological polar surface area (TPSA) is 18.5 Å². The molecule has 0 aliphatic carbocycles. The SMILES string of the molecule is CCCCCCCCC(CCCc1c(F)cc(F)cc1F)C(CC)(OC)OC. The monoisotopic (exact) mass is 402 g/mol. The Balaban J connectivity index is 2.69. The molecule has 2 nitrogen and oxygen atoms in total. The quantitative estimate of drug-likeness (QED) is 0.228. The van der Waals surface area contributed by atoms with Crippen LogP contribution in [0.15, 0.2) is 12.1 Å². The van der Waals surface area contributed by atoms with Crippen LogP contribution in [0.2, 0.25) is 0 Å². The fraction of sp³-hybridized carbons (Fsp3) is 0.739. The van der Waals surface area contributed by atoms with Gasteiger partial charge in [0.25, 0.3) is 0 Å². The molecule has 0 spiro atoms. The van der Waals surface area contributed by atoms with Crippen molar-refractivity contribution in [1.82, 2.24) is 0 Å². The minimum absolute atomic E-state index is 0.0448. The summed E-state index contributed by atoms with van der Waals surface area (Å²) >= 11 is 0. The van der Waals surface area contributed by atoms with E-state index in [0.717, 1.165) is 31.4 Å². The van der Waals surface area contributed by atoms with Gasteiger partial charge in [-0.1, -0.05) is 52.4 Å². The predicted octanol–water partition coefficient (Wildman–Crippen LogP) is 7.19. The van der Waals surface area contributed by atoms with Gasteiger partial charge >= 0.3 is 0 Å². The first kappa shape index (κ1) is 25.0. The molecule has 5 heteroatoms. The molecular formula is C23H37F3O2. The Morgan fingerprint density at radius 2 is 1.36 bits per heavy atom. The van der Waals surface area contributed by atoms with E-state index in [4.69, 9.17) is 9.47 Å². The number of hydrogen-bond donors (Lipinski definition) is 0. The van der Waals surface area contributed by atoms with E-state index >= 15 is 0 Å². The Hall–Kier alpha value is -1.07. The Labute approximate surface area is 168 Å². The van der Waals surface area contributed by atoms with Crippen LogP contribution in [0, 0.1) is 23.4 Å². The van der Waals surface area contributed by atoms with Crippen molar-refractivity contribution in [2.75, 3.05) is 14.2 Å². The fourth-order valence-corrected chi connectivity index (χ4v) is 4.09. The molecule has 1 atom stereocenters. The van der Waals surface area contributed by atoms with E-state index in [1.54, 1.807) is 14.2 Å². The molecule has 0 fully saturated rings. The van der Waals surface area contributed by atoms with Crippen molar-refractivity contribution in [1.29, 1.82) is 0 Å². The van der Waals surface area contributed by atoms with Crippen LogP contribution in [-0.2, 0) is 15.9 Å². The van der Waals surface area contributed by atoms with Crippen LogP contribution in [0.25, 0.3) is 0 Å². The number of halogens is 3. The first-order chi connectivity index (χ1) is 13.4. The lowest BCUT2D eigenvalue weighted by Crippen LogP contribution is -2.41. The third kappa shape index (κ3) is 7.40. The summed E-state index contributed by atoms with van der Waals surface area (Å²) in [6.07, 6.45) is 10.5. The zero-order valence-corrected chi connectivity index (χ0v) is 18.0. The highest BCUT2D eigenvalue weighted by molar-refractivity contribution is 5.20. The van der Waals surface area contributed by atoms with Crippen LogP contribution in [0.4, 0.5) is 13.2 Å². The van der Waals surface area contributed by atoms with Gasteiger partial charge in [-0.2, -0.15) is 0 Å². The highest BCUT2D eigenvalue weighted by Crippen LogP contribution is 2.35. The van der Waals surface area contributed by atoms with Gasteiger partial charge in [-0.05, 0) is 32.1 Å². The molecule has 1 aromatic carbocycles. The van der Waals surface area contributed by atoms with E-state index < -0.39 is 23.2 Å². The van der Waals surface area contributed by atoms with Gasteiger partial charge in [-0.15, -0.1) is 0 Å². The molecule has 0 aliphatic heterocycles. The first-order valence-corrected chi connectivity index (χ1v) is 10.7. The molecule has 0 saturated heterocycles. The van der Waals surface area contributed by atoms with Crippen LogP contribution in [0.1, 0.15) is 83.6 Å². The molecular weight excluding hydrogens is 365 g/mol. The lowest BCUT2D eigenvalue weighted by molar-refractivity contribution is -0.244. The maximum absolute atomic E-state index is 13.9. The van der Waals surface area contributed by atoms with Crippen molar-refractivity contribution in [2.45, 2.75) is 90.3 Å². The second kappa shape index (κ2) is 13.2. The Morgan fingerprint density at radius 1 is 0.821 bits per heavy atom. The van der Waals surface area contributed by atoms with E-state index in [1.165, 1.54) is 32.1 Å². The minimum Gasteiger partial charge on any atom is -0.353 e. The van der Waals surface area contributed by atoms with Crippen molar-refractivity contribution < 1.29 is 22.6 Å². The van der Waals surface area contributed by atoms with Crippen molar-refractivity contribution in [3.8, 4) is 0 Å². The highest BCUT2D eigenvalue weighted by atomic mass is 19.1. The van der Waals surface area contributed by atoms with E-state index in [2.05, 4.69) is 6.92 Å². The highest BCUT2D eigenvalue weighted by Gasteiger charge is 2.36. The van der Waals surface area contributed by atoms with E-state index in [1.807, 2.05) is 6.92 Å². The van der Waals surface area contributed by atoms with Gasteiger partial charge in [0, 0.05) is 37.8 Å². The van der Waals surface area contributed by atoms with E-state index in [9.17, 15) is 13.2 Å². The lowest BCUT2D eigenvalue weighted by Gasteiger charge is -2.38. The van der Waals surface area contributed by atoms with Crippen molar-refractivity contribution in [3.05, 3.63) is 35.1 Å². The maximum atomic E-state index is 13.9. The summed E-state index contributed by atoms with van der Waals surface area (Å²) in [6.45, 7) is 4.23. The second-order valence-corrected chi connectivity index (χ2v) is 7.57. The molecule has 28 heavy (non-hydrogen) atoms. The summed E-state index contributed by atoms with van der Waals surface area (Å²) in [6, 6.07) is 1.49. The van der Waals surface area contributed by atoms with Crippen LogP contribution >= 0.6 is 0 Å². The van der Waals surface area contributed by atoms with Crippen LogP contribution in [-0.4, -0.2) is 20.0 Å². The fourth-order valence-electron chi connectivity index (χ4n) is 4.09. The summed E-state index contributed by atoms with van der Waals surface area (Å²) in [4.78, 5) is 0. The van der Waals surface area contributed by atoms with Gasteiger partial charge in [-0.25, -0.2) is 13.2 Å². The maximum Gasteiger partial charge on any atom is 0.170 e. The molecule has 0 bridgehead atoms. The number of methoxy groups -OCH3 is 2. The van der Waals surface area contributed by atoms with Gasteiger partial charge < -0.3 is 9.47 Å². The number of rotatable bonds is 15. The molecule has 0 aliphatic rings. The first-order valence-electron chi connectivity index (χ1n) is 10.7. The van der Waals surface area contributed by atoms with Crippen molar-refractivity contribution in [3.63, 3.8) is 0 Å². The van der Waals surface area contributed by atoms with Crippen LogP contribution in [0.3, 0.4) is 0 Å².